The van der Waals surface area contributed by atoms with Gasteiger partial charge in [0.05, 0.1) is 31.6 Å². The minimum Gasteiger partial charge on any atom is -0.481 e. The lowest BCUT2D eigenvalue weighted by atomic mass is 9.48. The van der Waals surface area contributed by atoms with Gasteiger partial charge in [-0.15, -0.1) is 0 Å². The molecule has 2 amide bonds. The maximum atomic E-state index is 13.0. The predicted octanol–water partition coefficient (Wildman–Crippen LogP) is 1.85. The molecule has 2 saturated carbocycles. The highest BCUT2D eigenvalue weighted by Gasteiger charge is 2.75. The van der Waals surface area contributed by atoms with Gasteiger partial charge in [-0.3, -0.25) is 4.79 Å². The number of carbonyl (C=O) groups excluding carboxylic acids is 2. The molecule has 2 heterocycles. The van der Waals surface area contributed by atoms with Gasteiger partial charge in [0.1, 0.15) is 17.7 Å². The van der Waals surface area contributed by atoms with Crippen molar-refractivity contribution in [1.82, 2.24) is 10.2 Å². The number of nitrogens with one attached hydrogen (secondary N) is 1. The fourth-order valence-electron chi connectivity index (χ4n) is 7.91. The molecule has 1 saturated heterocycles. The summed E-state index contributed by atoms with van der Waals surface area (Å²) in [5, 5.41) is 15.3. The van der Waals surface area contributed by atoms with Crippen molar-refractivity contribution in [3.63, 3.8) is 0 Å². The minimum atomic E-state index is -0.892. The number of piperidine rings is 1. The lowest BCUT2D eigenvalue weighted by molar-refractivity contribution is -0.950. The number of rotatable bonds is 7. The van der Waals surface area contributed by atoms with Gasteiger partial charge in [0.25, 0.3) is 0 Å². The molecule has 2 bridgehead atoms. The van der Waals surface area contributed by atoms with Gasteiger partial charge < -0.3 is 35.0 Å². The number of likely N-dealkylation sites (N-methyl/N-ethyl adjacent to an activating group) is 2. The van der Waals surface area contributed by atoms with E-state index >= 15 is 0 Å². The largest absolute Gasteiger partial charge is 0.481 e. The third kappa shape index (κ3) is 3.62. The van der Waals surface area contributed by atoms with Gasteiger partial charge in [0.2, 0.25) is 5.91 Å². The molecule has 3 aliphatic carbocycles. The number of likely N-dealkylation sites (tertiary alicyclic amines) is 1. The van der Waals surface area contributed by atoms with Crippen molar-refractivity contribution in [3.05, 3.63) is 35.4 Å². The molecule has 206 valence electrons. The zero-order chi connectivity index (χ0) is 27.0. The summed E-state index contributed by atoms with van der Waals surface area (Å²) in [7, 11) is 3.97. The summed E-state index contributed by atoms with van der Waals surface area (Å²) in [6.45, 7) is 8.66. The second kappa shape index (κ2) is 8.69. The van der Waals surface area contributed by atoms with Crippen LogP contribution in [-0.2, 0) is 16.6 Å². The molecule has 6 atom stereocenters. The van der Waals surface area contributed by atoms with E-state index in [9.17, 15) is 14.7 Å². The first-order chi connectivity index (χ1) is 18.0. The summed E-state index contributed by atoms with van der Waals surface area (Å²) in [5.74, 6) is 1.46. The van der Waals surface area contributed by atoms with Crippen molar-refractivity contribution < 1.29 is 28.7 Å². The number of aliphatic hydroxyl groups is 1. The Morgan fingerprint density at radius 1 is 1.37 bits per heavy atom. The molecular weight excluding hydrogens is 484 g/mol. The number of nitrogens with two attached hydrogens (primary N) is 1. The van der Waals surface area contributed by atoms with Crippen molar-refractivity contribution in [2.75, 3.05) is 40.3 Å². The van der Waals surface area contributed by atoms with E-state index in [4.69, 9.17) is 15.2 Å². The molecule has 9 heteroatoms. The molecule has 6 rings (SSSR count). The topological polar surface area (TPSA) is 114 Å². The van der Waals surface area contributed by atoms with Crippen LogP contribution in [0.25, 0.3) is 0 Å². The fraction of sp³-hybridized carbons (Fsp3) is 0.655. The quantitative estimate of drug-likeness (QED) is 0.370. The van der Waals surface area contributed by atoms with Crippen molar-refractivity contribution in [1.29, 1.82) is 0 Å². The number of ether oxygens (including phenoxy) is 2. The smallest absolute Gasteiger partial charge is 0.415 e. The minimum absolute atomic E-state index is 0.112. The van der Waals surface area contributed by atoms with Gasteiger partial charge in [0.15, 0.2) is 11.5 Å². The Labute approximate surface area is 224 Å². The van der Waals surface area contributed by atoms with Gasteiger partial charge in [-0.2, -0.15) is 0 Å². The molecule has 9 nitrogen and oxygen atoms in total. The van der Waals surface area contributed by atoms with Crippen LogP contribution < -0.4 is 20.5 Å². The molecule has 1 spiro atoms. The van der Waals surface area contributed by atoms with Crippen LogP contribution >= 0.6 is 0 Å². The van der Waals surface area contributed by atoms with E-state index in [1.807, 2.05) is 6.07 Å². The molecule has 2 aliphatic heterocycles. The molecule has 5 aliphatic rings. The Morgan fingerprint density at radius 3 is 2.84 bits per heavy atom. The molecule has 0 aromatic heterocycles. The zero-order valence-corrected chi connectivity index (χ0v) is 22.8. The molecule has 3 fully saturated rings. The number of hydrogen-bond donors (Lipinski definition) is 3. The second-order valence-corrected chi connectivity index (χ2v) is 12.6. The second-order valence-electron chi connectivity index (χ2n) is 12.6. The van der Waals surface area contributed by atoms with E-state index in [1.165, 1.54) is 23.3 Å². The van der Waals surface area contributed by atoms with E-state index < -0.39 is 23.2 Å². The van der Waals surface area contributed by atoms with Crippen LogP contribution in [0.1, 0.15) is 50.2 Å². The van der Waals surface area contributed by atoms with E-state index in [-0.39, 0.29) is 31.1 Å². The normalized spacial score (nSPS) is 35.1. The number of amides is 2. The van der Waals surface area contributed by atoms with Crippen LogP contribution in [0.3, 0.4) is 0 Å². The maximum absolute atomic E-state index is 13.0. The van der Waals surface area contributed by atoms with Crippen LogP contribution in [0.2, 0.25) is 0 Å². The Hall–Kier alpha value is -2.62. The molecule has 4 N–H and O–H groups in total. The number of nitrogens with zero attached hydrogens (tertiary/aromatic N) is 2. The lowest BCUT2D eigenvalue weighted by Gasteiger charge is -2.65. The van der Waals surface area contributed by atoms with Crippen LogP contribution in [0.4, 0.5) is 4.79 Å². The number of benzene rings is 1. The fourth-order valence-corrected chi connectivity index (χ4v) is 7.91. The van der Waals surface area contributed by atoms with Crippen LogP contribution in [0.15, 0.2) is 24.3 Å². The average molecular weight is 526 g/mol. The van der Waals surface area contributed by atoms with Crippen LogP contribution in [0, 0.1) is 5.92 Å². The van der Waals surface area contributed by atoms with E-state index in [0.717, 1.165) is 53.9 Å². The SMILES string of the molecule is C=C1CC[C@@]2(O)[C@H]3Cc4ccc(OC(=O)N(C)CCNC(=O)[C@H](C)N)c5c4[C@@]2(CC[N+]3(C)CC2CC2)[C@H]1O5. The number of carbonyl (C=O) groups is 2. The Bertz CT molecular complexity index is 1200. The summed E-state index contributed by atoms with van der Waals surface area (Å²) in [6.07, 6.45) is 4.78. The molecule has 0 radical (unpaired) electrons. The highest BCUT2D eigenvalue weighted by molar-refractivity contribution is 5.81. The van der Waals surface area contributed by atoms with E-state index in [0.29, 0.717) is 17.9 Å². The first kappa shape index (κ1) is 25.6. The summed E-state index contributed by atoms with van der Waals surface area (Å²) >= 11 is 0. The maximum Gasteiger partial charge on any atom is 0.415 e. The van der Waals surface area contributed by atoms with E-state index in [2.05, 4.69) is 25.0 Å². The molecule has 1 unspecified atom stereocenters. The Kier molecular flexibility index (Phi) is 5.87. The third-order valence-corrected chi connectivity index (χ3v) is 10.1. The van der Waals surface area contributed by atoms with Crippen molar-refractivity contribution in [2.45, 2.75) is 74.7 Å². The molecule has 1 aromatic carbocycles. The standard InChI is InChI=1S/C29H40N4O5/c1-17-9-10-29(36)22-15-20-7-8-21(37-27(35)32(3)13-12-31-26(34)18(2)30)24-23(20)28(29,25(17)38-24)11-14-33(22,4)16-19-5-6-19/h7-8,18-19,22,25,36H,1,5-6,9-16,30H2,2-4H3/p+1/t18-,22+,25-,28-,29+,33?/m0/s1. The molecule has 38 heavy (non-hydrogen) atoms. The van der Waals surface area contributed by atoms with Gasteiger partial charge in [-0.05, 0) is 49.8 Å². The lowest BCUT2D eigenvalue weighted by Crippen LogP contribution is -2.80. The van der Waals surface area contributed by atoms with Crippen molar-refractivity contribution >= 4 is 12.0 Å². The van der Waals surface area contributed by atoms with Gasteiger partial charge in [-0.25, -0.2) is 4.79 Å². The van der Waals surface area contributed by atoms with Gasteiger partial charge in [-0.1, -0.05) is 12.6 Å². The van der Waals surface area contributed by atoms with Crippen LogP contribution in [-0.4, -0.2) is 90.6 Å². The first-order valence-corrected chi connectivity index (χ1v) is 14.0. The molecule has 1 aromatic rings. The number of hydrogen-bond acceptors (Lipinski definition) is 6. The monoisotopic (exact) mass is 525 g/mol. The third-order valence-electron chi connectivity index (χ3n) is 10.1. The molecular formula is C29H41N4O5+. The van der Waals surface area contributed by atoms with Gasteiger partial charge in [0, 0.05) is 44.5 Å². The average Bonchev–Trinajstić information content (AvgIpc) is 3.60. The summed E-state index contributed by atoms with van der Waals surface area (Å²) in [4.78, 5) is 26.1. The predicted molar refractivity (Wildman–Crippen MR) is 142 cm³/mol. The van der Waals surface area contributed by atoms with Crippen LogP contribution in [0.5, 0.6) is 11.5 Å². The highest BCUT2D eigenvalue weighted by Crippen LogP contribution is 2.67. The number of quaternary nitrogens is 1. The summed E-state index contributed by atoms with van der Waals surface area (Å²) < 4.78 is 13.4. The van der Waals surface area contributed by atoms with Gasteiger partial charge >= 0.3 is 6.09 Å². The first-order valence-electron chi connectivity index (χ1n) is 14.0. The van der Waals surface area contributed by atoms with Crippen molar-refractivity contribution in [3.8, 4) is 11.5 Å². The van der Waals surface area contributed by atoms with Crippen molar-refractivity contribution in [2.24, 2.45) is 11.7 Å². The Balaban J connectivity index is 1.30. The summed E-state index contributed by atoms with van der Waals surface area (Å²) in [6, 6.07) is 3.40. The summed E-state index contributed by atoms with van der Waals surface area (Å²) in [5.41, 5.74) is 7.35. The zero-order valence-electron chi connectivity index (χ0n) is 22.8. The Morgan fingerprint density at radius 2 is 2.13 bits per heavy atom. The highest BCUT2D eigenvalue weighted by atomic mass is 16.6. The van der Waals surface area contributed by atoms with E-state index in [1.54, 1.807) is 14.0 Å².